The van der Waals surface area contributed by atoms with E-state index in [2.05, 4.69) is 11.9 Å². The molecule has 3 rings (SSSR count). The van der Waals surface area contributed by atoms with E-state index in [1.54, 1.807) is 0 Å². The Bertz CT molecular complexity index is 733. The number of likely N-dealkylation sites (N-methyl/N-ethyl adjacent to an activating group) is 2. The lowest BCUT2D eigenvalue weighted by atomic mass is 10.00. The Hall–Kier alpha value is -2.24. The Morgan fingerprint density at radius 1 is 1.08 bits per heavy atom. The summed E-state index contributed by atoms with van der Waals surface area (Å²) < 4.78 is 13.3. The number of hydrogen-bond acceptors (Lipinski definition) is 3. The van der Waals surface area contributed by atoms with Gasteiger partial charge in [0.2, 0.25) is 5.91 Å². The minimum Gasteiger partial charge on any atom is -0.338 e. The van der Waals surface area contributed by atoms with E-state index in [-0.39, 0.29) is 23.8 Å². The summed E-state index contributed by atoms with van der Waals surface area (Å²) in [6.07, 6.45) is 0. The van der Waals surface area contributed by atoms with E-state index in [0.29, 0.717) is 13.1 Å². The molecule has 0 spiro atoms. The molecule has 5 heteroatoms. The van der Waals surface area contributed by atoms with Gasteiger partial charge >= 0.3 is 0 Å². The highest BCUT2D eigenvalue weighted by atomic mass is 19.1. The third kappa shape index (κ3) is 3.94. The Morgan fingerprint density at radius 2 is 1.73 bits per heavy atom. The van der Waals surface area contributed by atoms with Gasteiger partial charge in [0.15, 0.2) is 0 Å². The number of carbonyl (C=O) groups is 1. The van der Waals surface area contributed by atoms with Gasteiger partial charge in [-0.2, -0.15) is 0 Å². The smallest absolute Gasteiger partial charge is 0.244 e. The van der Waals surface area contributed by atoms with E-state index in [0.717, 1.165) is 17.7 Å². The number of piperazine rings is 1. The van der Waals surface area contributed by atoms with Gasteiger partial charge in [0.1, 0.15) is 11.9 Å². The van der Waals surface area contributed by atoms with Crippen LogP contribution in [0.2, 0.25) is 0 Å². The molecular formula is C21H26FN3O. The number of rotatable bonds is 4. The topological polar surface area (TPSA) is 26.8 Å². The van der Waals surface area contributed by atoms with Crippen molar-refractivity contribution in [3.63, 3.8) is 0 Å². The fourth-order valence-corrected chi connectivity index (χ4v) is 3.59. The summed E-state index contributed by atoms with van der Waals surface area (Å²) >= 11 is 0. The van der Waals surface area contributed by atoms with Crippen molar-refractivity contribution in [2.45, 2.75) is 12.1 Å². The Balaban J connectivity index is 1.81. The van der Waals surface area contributed by atoms with Crippen LogP contribution in [0, 0.1) is 5.82 Å². The lowest BCUT2D eigenvalue weighted by Gasteiger charge is -2.41. The Morgan fingerprint density at radius 3 is 2.35 bits per heavy atom. The Labute approximate surface area is 154 Å². The lowest BCUT2D eigenvalue weighted by molar-refractivity contribution is -0.139. The molecule has 0 aromatic heterocycles. The van der Waals surface area contributed by atoms with Crippen LogP contribution in [0.25, 0.3) is 0 Å². The number of hydrogen-bond donors (Lipinski definition) is 0. The largest absolute Gasteiger partial charge is 0.338 e. The zero-order valence-corrected chi connectivity index (χ0v) is 15.6. The number of nitrogens with zero attached hydrogens (tertiary/aromatic N) is 3. The van der Waals surface area contributed by atoms with Gasteiger partial charge in [-0.25, -0.2) is 4.39 Å². The van der Waals surface area contributed by atoms with Crippen LogP contribution in [0.5, 0.6) is 0 Å². The van der Waals surface area contributed by atoms with Crippen molar-refractivity contribution in [3.8, 4) is 0 Å². The molecule has 1 fully saturated rings. The fourth-order valence-electron chi connectivity index (χ4n) is 3.59. The van der Waals surface area contributed by atoms with Crippen molar-refractivity contribution >= 4 is 5.91 Å². The minimum atomic E-state index is -0.298. The zero-order valence-electron chi connectivity index (χ0n) is 15.6. The molecule has 2 aromatic rings. The highest BCUT2D eigenvalue weighted by Crippen LogP contribution is 2.28. The molecule has 0 N–H and O–H groups in total. The summed E-state index contributed by atoms with van der Waals surface area (Å²) in [5.41, 5.74) is 2.03. The predicted octanol–water partition coefficient (Wildman–Crippen LogP) is 2.94. The Kier molecular flexibility index (Phi) is 5.69. The van der Waals surface area contributed by atoms with Crippen molar-refractivity contribution in [1.82, 2.24) is 14.7 Å². The number of benzene rings is 2. The first-order valence-corrected chi connectivity index (χ1v) is 8.93. The van der Waals surface area contributed by atoms with Gasteiger partial charge < -0.3 is 4.90 Å². The van der Waals surface area contributed by atoms with Gasteiger partial charge in [-0.05, 0) is 44.4 Å². The molecule has 0 saturated carbocycles. The van der Waals surface area contributed by atoms with Gasteiger partial charge in [-0.3, -0.25) is 14.6 Å². The van der Waals surface area contributed by atoms with Crippen molar-refractivity contribution in [2.24, 2.45) is 0 Å². The van der Waals surface area contributed by atoms with Gasteiger partial charge in [-0.1, -0.05) is 42.5 Å². The summed E-state index contributed by atoms with van der Waals surface area (Å²) in [6, 6.07) is 16.2. The first-order valence-electron chi connectivity index (χ1n) is 8.93. The number of amides is 1. The molecule has 26 heavy (non-hydrogen) atoms. The molecule has 2 atom stereocenters. The molecule has 1 saturated heterocycles. The average Bonchev–Trinajstić information content (AvgIpc) is 2.63. The molecule has 1 heterocycles. The highest BCUT2D eigenvalue weighted by Gasteiger charge is 2.33. The van der Waals surface area contributed by atoms with Crippen LogP contribution in [0.4, 0.5) is 4.39 Å². The molecule has 138 valence electrons. The third-order valence-electron chi connectivity index (χ3n) is 5.08. The normalized spacial score (nSPS) is 19.6. The first kappa shape index (κ1) is 18.5. The maximum absolute atomic E-state index is 13.3. The van der Waals surface area contributed by atoms with E-state index < -0.39 is 0 Å². The maximum atomic E-state index is 13.3. The van der Waals surface area contributed by atoms with Crippen LogP contribution in [-0.2, 0) is 4.79 Å². The molecule has 2 aromatic carbocycles. The minimum absolute atomic E-state index is 0.0758. The number of carbonyl (C=O) groups excluding carboxylic acids is 1. The van der Waals surface area contributed by atoms with Gasteiger partial charge in [0.25, 0.3) is 0 Å². The molecule has 0 radical (unpaired) electrons. The molecule has 0 bridgehead atoms. The highest BCUT2D eigenvalue weighted by molar-refractivity contribution is 5.83. The van der Waals surface area contributed by atoms with Crippen molar-refractivity contribution in [1.29, 1.82) is 0 Å². The van der Waals surface area contributed by atoms with Gasteiger partial charge in [0.05, 0.1) is 6.04 Å². The molecular weight excluding hydrogens is 329 g/mol. The SMILES string of the molecule is CN(C)C(C(=O)N1CCN(C)C(c2ccc(F)cc2)C1)c1ccccc1. The lowest BCUT2D eigenvalue weighted by Crippen LogP contribution is -2.51. The monoisotopic (exact) mass is 355 g/mol. The fraction of sp³-hybridized carbons (Fsp3) is 0.381. The predicted molar refractivity (Wildman–Crippen MR) is 101 cm³/mol. The van der Waals surface area contributed by atoms with Gasteiger partial charge in [0, 0.05) is 19.6 Å². The van der Waals surface area contributed by atoms with Crippen LogP contribution in [-0.4, -0.2) is 61.4 Å². The standard InChI is InChI=1S/C21H26FN3O/c1-23(2)20(17-7-5-4-6-8-17)21(26)25-14-13-24(3)19(15-25)16-9-11-18(22)12-10-16/h4-12,19-20H,13-15H2,1-3H3. The second kappa shape index (κ2) is 7.98. The van der Waals surface area contributed by atoms with E-state index >= 15 is 0 Å². The van der Waals surface area contributed by atoms with E-state index in [1.165, 1.54) is 12.1 Å². The molecule has 4 nitrogen and oxygen atoms in total. The summed E-state index contributed by atoms with van der Waals surface area (Å²) in [7, 11) is 5.92. The third-order valence-corrected chi connectivity index (χ3v) is 5.08. The van der Waals surface area contributed by atoms with Crippen LogP contribution in [0.1, 0.15) is 23.2 Å². The molecule has 1 amide bonds. The van der Waals surface area contributed by atoms with Crippen LogP contribution in [0.15, 0.2) is 54.6 Å². The van der Waals surface area contributed by atoms with Crippen LogP contribution >= 0.6 is 0 Å². The first-order chi connectivity index (χ1) is 12.5. The van der Waals surface area contributed by atoms with Crippen molar-refractivity contribution in [2.75, 3.05) is 40.8 Å². The molecule has 2 unspecified atom stereocenters. The van der Waals surface area contributed by atoms with Crippen molar-refractivity contribution in [3.05, 3.63) is 71.5 Å². The zero-order chi connectivity index (χ0) is 18.7. The van der Waals surface area contributed by atoms with E-state index in [9.17, 15) is 9.18 Å². The second-order valence-corrected chi connectivity index (χ2v) is 7.11. The summed E-state index contributed by atoms with van der Waals surface area (Å²) in [6.45, 7) is 2.10. The summed E-state index contributed by atoms with van der Waals surface area (Å²) in [5.74, 6) is -0.127. The average molecular weight is 355 g/mol. The second-order valence-electron chi connectivity index (χ2n) is 7.11. The van der Waals surface area contributed by atoms with Crippen molar-refractivity contribution < 1.29 is 9.18 Å². The van der Waals surface area contributed by atoms with E-state index in [1.807, 2.05) is 66.4 Å². The summed E-state index contributed by atoms with van der Waals surface area (Å²) in [5, 5.41) is 0. The van der Waals surface area contributed by atoms with Crippen LogP contribution < -0.4 is 0 Å². The molecule has 0 aliphatic carbocycles. The molecule has 1 aliphatic rings. The number of halogens is 1. The quantitative estimate of drug-likeness (QED) is 0.844. The summed E-state index contributed by atoms with van der Waals surface area (Å²) in [4.78, 5) is 19.4. The maximum Gasteiger partial charge on any atom is 0.244 e. The van der Waals surface area contributed by atoms with E-state index in [4.69, 9.17) is 0 Å². The van der Waals surface area contributed by atoms with Gasteiger partial charge in [-0.15, -0.1) is 0 Å². The molecule has 1 aliphatic heterocycles. The van der Waals surface area contributed by atoms with Crippen LogP contribution in [0.3, 0.4) is 0 Å².